The number of likely N-dealkylation sites (N-methyl/N-ethyl adjacent to an activating group) is 1. The molecule has 1 aliphatic carbocycles. The molecule has 2 aromatic heterocycles. The first-order valence-corrected chi connectivity index (χ1v) is 13.4. The number of methoxy groups -OCH3 is 1. The van der Waals surface area contributed by atoms with Gasteiger partial charge in [-0.2, -0.15) is 9.97 Å². The van der Waals surface area contributed by atoms with Crippen LogP contribution in [0.2, 0.25) is 0 Å². The fourth-order valence-electron chi connectivity index (χ4n) is 5.42. The van der Waals surface area contributed by atoms with Crippen molar-refractivity contribution in [3.05, 3.63) is 36.2 Å². The van der Waals surface area contributed by atoms with E-state index in [1.165, 1.54) is 4.57 Å². The van der Waals surface area contributed by atoms with Crippen molar-refractivity contribution in [2.75, 3.05) is 70.4 Å². The van der Waals surface area contributed by atoms with Crippen molar-refractivity contribution in [3.8, 4) is 5.82 Å². The SMILES string of the molecule is COCCN(C)[C@H]1CC[C@H](CNc2cc(-n3c(C(F)F)nc4ccccc43)nc(N3CCOCC3)n2)CC1. The van der Waals surface area contributed by atoms with Crippen LogP contribution in [0.25, 0.3) is 16.9 Å². The summed E-state index contributed by atoms with van der Waals surface area (Å²) in [4.78, 5) is 18.2. The van der Waals surface area contributed by atoms with E-state index in [4.69, 9.17) is 19.4 Å². The highest BCUT2D eigenvalue weighted by atomic mass is 19.3. The van der Waals surface area contributed by atoms with Crippen LogP contribution < -0.4 is 10.2 Å². The summed E-state index contributed by atoms with van der Waals surface area (Å²) in [6.07, 6.45) is 1.83. The molecular formula is C27H37F2N7O2. The highest BCUT2D eigenvalue weighted by Gasteiger charge is 2.26. The molecule has 9 nitrogen and oxygen atoms in total. The number of nitrogens with one attached hydrogen (secondary N) is 1. The third kappa shape index (κ3) is 6.05. The number of ether oxygens (including phenoxy) is 2. The fourth-order valence-corrected chi connectivity index (χ4v) is 5.42. The van der Waals surface area contributed by atoms with Gasteiger partial charge >= 0.3 is 0 Å². The Morgan fingerprint density at radius 1 is 1.11 bits per heavy atom. The Balaban J connectivity index is 1.37. The number of para-hydroxylation sites is 2. The molecule has 1 saturated heterocycles. The largest absolute Gasteiger partial charge is 0.383 e. The number of nitrogens with zero attached hydrogens (tertiary/aromatic N) is 6. The second-order valence-electron chi connectivity index (χ2n) is 10.1. The van der Waals surface area contributed by atoms with E-state index < -0.39 is 6.43 Å². The van der Waals surface area contributed by atoms with Crippen molar-refractivity contribution in [1.29, 1.82) is 0 Å². The van der Waals surface area contributed by atoms with Crippen molar-refractivity contribution in [3.63, 3.8) is 0 Å². The molecule has 3 heterocycles. The molecule has 0 radical (unpaired) electrons. The zero-order valence-electron chi connectivity index (χ0n) is 22.2. The number of benzene rings is 1. The van der Waals surface area contributed by atoms with Crippen LogP contribution in [0.15, 0.2) is 30.3 Å². The number of rotatable bonds is 10. The van der Waals surface area contributed by atoms with Gasteiger partial charge in [-0.1, -0.05) is 12.1 Å². The summed E-state index contributed by atoms with van der Waals surface area (Å²) in [6, 6.07) is 9.49. The minimum Gasteiger partial charge on any atom is -0.383 e. The lowest BCUT2D eigenvalue weighted by atomic mass is 9.85. The maximum Gasteiger partial charge on any atom is 0.296 e. The molecule has 1 aliphatic heterocycles. The van der Waals surface area contributed by atoms with Gasteiger partial charge in [0.2, 0.25) is 5.95 Å². The predicted molar refractivity (Wildman–Crippen MR) is 143 cm³/mol. The van der Waals surface area contributed by atoms with Crippen LogP contribution in [0, 0.1) is 5.92 Å². The van der Waals surface area contributed by atoms with Crippen LogP contribution in [-0.4, -0.2) is 90.6 Å². The number of anilines is 2. The average Bonchev–Trinajstić information content (AvgIpc) is 3.36. The molecule has 1 aromatic carbocycles. The Bertz CT molecular complexity index is 1190. The van der Waals surface area contributed by atoms with Crippen LogP contribution in [-0.2, 0) is 9.47 Å². The molecule has 0 unspecified atom stereocenters. The van der Waals surface area contributed by atoms with Crippen LogP contribution in [0.3, 0.4) is 0 Å². The lowest BCUT2D eigenvalue weighted by Crippen LogP contribution is -2.38. The lowest BCUT2D eigenvalue weighted by Gasteiger charge is -2.34. The van der Waals surface area contributed by atoms with E-state index in [-0.39, 0.29) is 5.82 Å². The maximum absolute atomic E-state index is 14.1. The molecule has 3 aromatic rings. The van der Waals surface area contributed by atoms with E-state index >= 15 is 0 Å². The third-order valence-corrected chi connectivity index (χ3v) is 7.67. The van der Waals surface area contributed by atoms with E-state index in [0.29, 0.717) is 66.9 Å². The number of hydrogen-bond donors (Lipinski definition) is 1. The van der Waals surface area contributed by atoms with Crippen molar-refractivity contribution < 1.29 is 18.3 Å². The minimum absolute atomic E-state index is 0.320. The highest BCUT2D eigenvalue weighted by Crippen LogP contribution is 2.30. The first kappa shape index (κ1) is 26.7. The second kappa shape index (κ2) is 12.3. The molecule has 0 atom stereocenters. The van der Waals surface area contributed by atoms with Gasteiger partial charge in [-0.25, -0.2) is 13.8 Å². The van der Waals surface area contributed by atoms with Crippen LogP contribution >= 0.6 is 0 Å². The first-order valence-electron chi connectivity index (χ1n) is 13.4. The van der Waals surface area contributed by atoms with Gasteiger partial charge in [0.15, 0.2) is 5.82 Å². The van der Waals surface area contributed by atoms with Gasteiger partial charge in [0.1, 0.15) is 11.6 Å². The van der Waals surface area contributed by atoms with E-state index in [2.05, 4.69) is 22.2 Å². The van der Waals surface area contributed by atoms with Gasteiger partial charge in [0, 0.05) is 45.4 Å². The van der Waals surface area contributed by atoms with Gasteiger partial charge in [-0.3, -0.25) is 4.57 Å². The number of morpholine rings is 1. The van der Waals surface area contributed by atoms with Gasteiger partial charge < -0.3 is 24.6 Å². The number of imidazole rings is 1. The summed E-state index contributed by atoms with van der Waals surface area (Å²) in [5.41, 5.74) is 1.10. The Hall–Kier alpha value is -2.89. The first-order chi connectivity index (χ1) is 18.5. The topological polar surface area (TPSA) is 80.6 Å². The maximum atomic E-state index is 14.1. The molecule has 5 rings (SSSR count). The number of aromatic nitrogens is 4. The minimum atomic E-state index is -2.74. The lowest BCUT2D eigenvalue weighted by molar-refractivity contribution is 0.114. The summed E-state index contributed by atoms with van der Waals surface area (Å²) < 4.78 is 40.3. The smallest absolute Gasteiger partial charge is 0.296 e. The molecule has 0 bridgehead atoms. The molecule has 2 aliphatic rings. The number of halogens is 2. The van der Waals surface area contributed by atoms with Gasteiger partial charge in [0.05, 0.1) is 30.9 Å². The van der Waals surface area contributed by atoms with Crippen molar-refractivity contribution in [1.82, 2.24) is 24.4 Å². The Labute approximate surface area is 222 Å². The average molecular weight is 530 g/mol. The summed E-state index contributed by atoms with van der Waals surface area (Å²) in [7, 11) is 3.91. The summed E-state index contributed by atoms with van der Waals surface area (Å²) in [5, 5.41) is 3.51. The Morgan fingerprint density at radius 3 is 2.61 bits per heavy atom. The van der Waals surface area contributed by atoms with E-state index in [9.17, 15) is 8.78 Å². The Kier molecular flexibility index (Phi) is 8.65. The van der Waals surface area contributed by atoms with Crippen LogP contribution in [0.5, 0.6) is 0 Å². The van der Waals surface area contributed by atoms with E-state index in [1.807, 2.05) is 11.0 Å². The highest BCUT2D eigenvalue weighted by molar-refractivity contribution is 5.78. The quantitative estimate of drug-likeness (QED) is 0.420. The molecule has 38 heavy (non-hydrogen) atoms. The Morgan fingerprint density at radius 2 is 1.87 bits per heavy atom. The number of alkyl halides is 2. The number of hydrogen-bond acceptors (Lipinski definition) is 8. The molecule has 1 saturated carbocycles. The van der Waals surface area contributed by atoms with Crippen LogP contribution in [0.4, 0.5) is 20.5 Å². The van der Waals surface area contributed by atoms with E-state index in [0.717, 1.165) is 45.4 Å². The standard InChI is InChI=1S/C27H37F2N7O2/c1-34(11-14-37-2)20-9-7-19(8-10-20)18-30-23-17-24(33-27(32-23)35-12-15-38-16-13-35)36-22-6-4-3-5-21(22)31-26(36)25(28)29/h3-6,17,19-20,25H,7-16,18H2,1-2H3,(H,30,32,33)/t19-,20-. The third-order valence-electron chi connectivity index (χ3n) is 7.67. The molecule has 0 amide bonds. The van der Waals surface area contributed by atoms with Crippen molar-refractivity contribution >= 4 is 22.8 Å². The zero-order valence-corrected chi connectivity index (χ0v) is 22.2. The predicted octanol–water partition coefficient (Wildman–Crippen LogP) is 4.14. The van der Waals surface area contributed by atoms with Crippen LogP contribution in [0.1, 0.15) is 37.9 Å². The molecular weight excluding hydrogens is 492 g/mol. The van der Waals surface area contributed by atoms with Crippen molar-refractivity contribution in [2.24, 2.45) is 5.92 Å². The van der Waals surface area contributed by atoms with Gasteiger partial charge in [-0.15, -0.1) is 0 Å². The van der Waals surface area contributed by atoms with Crippen molar-refractivity contribution in [2.45, 2.75) is 38.2 Å². The normalized spacial score (nSPS) is 20.5. The molecule has 11 heteroatoms. The second-order valence-corrected chi connectivity index (χ2v) is 10.1. The summed E-state index contributed by atoms with van der Waals surface area (Å²) in [5.74, 6) is 1.73. The van der Waals surface area contributed by atoms with Gasteiger partial charge in [0.25, 0.3) is 6.43 Å². The molecule has 1 N–H and O–H groups in total. The zero-order chi connectivity index (χ0) is 26.5. The summed E-state index contributed by atoms with van der Waals surface area (Å²) in [6.45, 7) is 4.93. The monoisotopic (exact) mass is 529 g/mol. The summed E-state index contributed by atoms with van der Waals surface area (Å²) >= 11 is 0. The fraction of sp³-hybridized carbons (Fsp3) is 0.593. The number of fused-ring (bicyclic) bond motifs is 1. The molecule has 2 fully saturated rings. The molecule has 206 valence electrons. The van der Waals surface area contributed by atoms with Gasteiger partial charge in [-0.05, 0) is 50.8 Å². The molecule has 0 spiro atoms. The van der Waals surface area contributed by atoms with E-state index in [1.54, 1.807) is 31.4 Å².